The van der Waals surface area contributed by atoms with Crippen molar-refractivity contribution < 1.29 is 4.79 Å². The van der Waals surface area contributed by atoms with E-state index in [2.05, 4.69) is 27.8 Å². The lowest BCUT2D eigenvalue weighted by molar-refractivity contribution is 0.0863. The van der Waals surface area contributed by atoms with E-state index in [0.29, 0.717) is 0 Å². The zero-order chi connectivity index (χ0) is 13.3. The number of hydrogen-bond donors (Lipinski definition) is 0. The molecule has 0 saturated heterocycles. The van der Waals surface area contributed by atoms with Crippen LogP contribution in [0.5, 0.6) is 0 Å². The Morgan fingerprint density at radius 2 is 2.00 bits per heavy atom. The highest BCUT2D eigenvalue weighted by Gasteiger charge is 2.34. The van der Waals surface area contributed by atoms with Crippen LogP contribution in [0.25, 0.3) is 0 Å². The molecular formula is C15H20BrNO. The molecule has 1 aliphatic rings. The first-order chi connectivity index (χ1) is 8.49. The van der Waals surface area contributed by atoms with Crippen molar-refractivity contribution in [1.29, 1.82) is 0 Å². The van der Waals surface area contributed by atoms with Crippen molar-refractivity contribution in [1.82, 2.24) is 4.90 Å². The van der Waals surface area contributed by atoms with Gasteiger partial charge in [-0.2, -0.15) is 0 Å². The molecule has 2 rings (SSSR count). The molecule has 1 aromatic rings. The van der Waals surface area contributed by atoms with Crippen molar-refractivity contribution in [2.24, 2.45) is 11.8 Å². The Labute approximate surface area is 117 Å². The number of carbonyl (C=O) groups excluding carboxylic acids is 1. The second-order valence-corrected chi connectivity index (χ2v) is 6.38. The summed E-state index contributed by atoms with van der Waals surface area (Å²) in [5.41, 5.74) is 0.793. The second kappa shape index (κ2) is 5.54. The summed E-state index contributed by atoms with van der Waals surface area (Å²) in [5, 5.41) is 0. The highest BCUT2D eigenvalue weighted by molar-refractivity contribution is 9.10. The molecule has 98 valence electrons. The van der Waals surface area contributed by atoms with Gasteiger partial charge in [0.05, 0.1) is 6.04 Å². The van der Waals surface area contributed by atoms with Gasteiger partial charge in [0.15, 0.2) is 5.78 Å². The van der Waals surface area contributed by atoms with Gasteiger partial charge in [0.25, 0.3) is 0 Å². The van der Waals surface area contributed by atoms with Gasteiger partial charge in [-0.1, -0.05) is 35.0 Å². The van der Waals surface area contributed by atoms with Gasteiger partial charge in [0.1, 0.15) is 0 Å². The van der Waals surface area contributed by atoms with Gasteiger partial charge < -0.3 is 0 Å². The number of rotatable bonds is 5. The number of halogens is 1. The minimum atomic E-state index is -0.0426. The van der Waals surface area contributed by atoms with Crippen LogP contribution in [0.3, 0.4) is 0 Å². The van der Waals surface area contributed by atoms with Crippen LogP contribution in [-0.2, 0) is 0 Å². The Kier molecular flexibility index (Phi) is 4.23. The summed E-state index contributed by atoms with van der Waals surface area (Å²) in [6.07, 6.45) is 1.31. The van der Waals surface area contributed by atoms with Crippen LogP contribution < -0.4 is 0 Å². The van der Waals surface area contributed by atoms with Crippen LogP contribution >= 0.6 is 15.9 Å². The summed E-state index contributed by atoms with van der Waals surface area (Å²) in [4.78, 5) is 14.5. The number of benzene rings is 1. The van der Waals surface area contributed by atoms with Crippen molar-refractivity contribution in [2.45, 2.75) is 26.3 Å². The molecule has 0 N–H and O–H groups in total. The molecular weight excluding hydrogens is 290 g/mol. The number of likely N-dealkylation sites (N-methyl/N-ethyl adjacent to an activating group) is 1. The number of Topliss-reactive ketones (excluding diaryl/α,β-unsaturated/α-hetero) is 1. The standard InChI is InChI=1S/C15H20BrNO/c1-10-8-13(10)9-17(3)11(2)15(18)12-4-6-14(16)7-5-12/h4-7,10-11,13H,8-9H2,1-3H3. The lowest BCUT2D eigenvalue weighted by atomic mass is 10.0. The van der Waals surface area contributed by atoms with Crippen molar-refractivity contribution in [3.63, 3.8) is 0 Å². The van der Waals surface area contributed by atoms with E-state index < -0.39 is 0 Å². The first-order valence-electron chi connectivity index (χ1n) is 6.49. The third-order valence-electron chi connectivity index (χ3n) is 3.97. The summed E-state index contributed by atoms with van der Waals surface area (Å²) < 4.78 is 1.01. The van der Waals surface area contributed by atoms with Crippen LogP contribution in [0.15, 0.2) is 28.7 Å². The third kappa shape index (κ3) is 3.21. The smallest absolute Gasteiger partial charge is 0.179 e. The molecule has 1 aliphatic carbocycles. The summed E-state index contributed by atoms with van der Waals surface area (Å²) in [5.74, 6) is 1.83. The largest absolute Gasteiger partial charge is 0.296 e. The van der Waals surface area contributed by atoms with Gasteiger partial charge in [-0.05, 0) is 44.4 Å². The number of hydrogen-bond acceptors (Lipinski definition) is 2. The number of nitrogens with zero attached hydrogens (tertiary/aromatic N) is 1. The normalized spacial score (nSPS) is 24.1. The quantitative estimate of drug-likeness (QED) is 0.774. The molecule has 0 spiro atoms. The maximum atomic E-state index is 12.3. The maximum absolute atomic E-state index is 12.3. The van der Waals surface area contributed by atoms with E-state index in [1.807, 2.05) is 38.2 Å². The summed E-state index contributed by atoms with van der Waals surface area (Å²) in [6, 6.07) is 7.57. The molecule has 0 heterocycles. The van der Waals surface area contributed by atoms with Gasteiger partial charge in [0, 0.05) is 16.6 Å². The molecule has 2 nitrogen and oxygen atoms in total. The summed E-state index contributed by atoms with van der Waals surface area (Å²) in [7, 11) is 2.05. The molecule has 0 amide bonds. The third-order valence-corrected chi connectivity index (χ3v) is 4.50. The van der Waals surface area contributed by atoms with Crippen LogP contribution in [0, 0.1) is 11.8 Å². The molecule has 0 aliphatic heterocycles. The molecule has 0 bridgehead atoms. The first kappa shape index (κ1) is 13.8. The zero-order valence-electron chi connectivity index (χ0n) is 11.2. The Hall–Kier alpha value is -0.670. The Morgan fingerprint density at radius 3 is 2.50 bits per heavy atom. The molecule has 0 aromatic heterocycles. The lowest BCUT2D eigenvalue weighted by Gasteiger charge is -2.23. The summed E-state index contributed by atoms with van der Waals surface area (Å²) >= 11 is 3.39. The first-order valence-corrected chi connectivity index (χ1v) is 7.28. The van der Waals surface area contributed by atoms with Gasteiger partial charge >= 0.3 is 0 Å². The molecule has 18 heavy (non-hydrogen) atoms. The predicted octanol–water partition coefficient (Wildman–Crippen LogP) is 3.61. The molecule has 3 unspecified atom stereocenters. The average molecular weight is 310 g/mol. The SMILES string of the molecule is CC1CC1CN(C)C(C)C(=O)c1ccc(Br)cc1. The van der Waals surface area contributed by atoms with E-state index in [1.165, 1.54) is 6.42 Å². The topological polar surface area (TPSA) is 20.3 Å². The number of ketones is 1. The Morgan fingerprint density at radius 1 is 1.44 bits per heavy atom. The van der Waals surface area contributed by atoms with Crippen molar-refractivity contribution in [3.05, 3.63) is 34.3 Å². The van der Waals surface area contributed by atoms with Crippen LogP contribution in [0.4, 0.5) is 0 Å². The fraction of sp³-hybridized carbons (Fsp3) is 0.533. The van der Waals surface area contributed by atoms with E-state index in [-0.39, 0.29) is 11.8 Å². The van der Waals surface area contributed by atoms with E-state index in [0.717, 1.165) is 28.4 Å². The molecule has 1 aromatic carbocycles. The van der Waals surface area contributed by atoms with E-state index >= 15 is 0 Å². The minimum Gasteiger partial charge on any atom is -0.296 e. The monoisotopic (exact) mass is 309 g/mol. The Bertz CT molecular complexity index is 429. The number of carbonyl (C=O) groups is 1. The van der Waals surface area contributed by atoms with E-state index in [1.54, 1.807) is 0 Å². The fourth-order valence-corrected chi connectivity index (χ4v) is 2.50. The summed E-state index contributed by atoms with van der Waals surface area (Å²) in [6.45, 7) is 5.31. The van der Waals surface area contributed by atoms with Crippen LogP contribution in [0.2, 0.25) is 0 Å². The lowest BCUT2D eigenvalue weighted by Crippen LogP contribution is -2.37. The van der Waals surface area contributed by atoms with Crippen molar-refractivity contribution in [3.8, 4) is 0 Å². The van der Waals surface area contributed by atoms with Gasteiger partial charge in [0.2, 0.25) is 0 Å². The van der Waals surface area contributed by atoms with Crippen molar-refractivity contribution in [2.75, 3.05) is 13.6 Å². The molecule has 1 fully saturated rings. The average Bonchev–Trinajstić information content (AvgIpc) is 3.04. The highest BCUT2D eigenvalue weighted by atomic mass is 79.9. The molecule has 0 radical (unpaired) electrons. The van der Waals surface area contributed by atoms with Gasteiger partial charge in [-0.25, -0.2) is 0 Å². The minimum absolute atomic E-state index is 0.0426. The highest BCUT2D eigenvalue weighted by Crippen LogP contribution is 2.38. The van der Waals surface area contributed by atoms with Crippen molar-refractivity contribution >= 4 is 21.7 Å². The fourth-order valence-electron chi connectivity index (χ4n) is 2.24. The molecule has 3 atom stereocenters. The molecule has 3 heteroatoms. The predicted molar refractivity (Wildman–Crippen MR) is 77.8 cm³/mol. The van der Waals surface area contributed by atoms with Crippen LogP contribution in [-0.4, -0.2) is 30.3 Å². The van der Waals surface area contributed by atoms with Gasteiger partial charge in [-0.3, -0.25) is 9.69 Å². The second-order valence-electron chi connectivity index (χ2n) is 5.46. The molecule has 1 saturated carbocycles. The van der Waals surface area contributed by atoms with Gasteiger partial charge in [-0.15, -0.1) is 0 Å². The van der Waals surface area contributed by atoms with E-state index in [4.69, 9.17) is 0 Å². The van der Waals surface area contributed by atoms with Crippen LogP contribution in [0.1, 0.15) is 30.6 Å². The zero-order valence-corrected chi connectivity index (χ0v) is 12.8. The van der Waals surface area contributed by atoms with E-state index in [9.17, 15) is 4.79 Å². The maximum Gasteiger partial charge on any atom is 0.179 e. The Balaban J connectivity index is 1.97.